The van der Waals surface area contributed by atoms with Crippen LogP contribution in [0.1, 0.15) is 37.7 Å². The van der Waals surface area contributed by atoms with Crippen LogP contribution in [0.5, 0.6) is 0 Å². The van der Waals surface area contributed by atoms with E-state index in [1.165, 1.54) is 12.1 Å². The molecule has 1 aliphatic carbocycles. The van der Waals surface area contributed by atoms with E-state index in [0.717, 1.165) is 37.7 Å². The van der Waals surface area contributed by atoms with Gasteiger partial charge in [-0.1, -0.05) is 25.0 Å². The number of rotatable bonds is 3. The predicted molar refractivity (Wildman–Crippen MR) is 78.3 cm³/mol. The third kappa shape index (κ3) is 2.57. The van der Waals surface area contributed by atoms with Crippen LogP contribution in [0.25, 0.3) is 0 Å². The molecule has 1 unspecified atom stereocenters. The number of halogens is 1. The van der Waals surface area contributed by atoms with E-state index in [9.17, 15) is 14.3 Å². The Hall–Kier alpha value is -1.42. The lowest BCUT2D eigenvalue weighted by atomic mass is 9.77. The third-order valence-corrected chi connectivity index (χ3v) is 5.07. The molecule has 3 nitrogen and oxygen atoms in total. The number of carbonyl (C=O) groups excluding carboxylic acids is 1. The lowest BCUT2D eigenvalue weighted by Crippen LogP contribution is -2.44. The van der Waals surface area contributed by atoms with E-state index in [1.54, 1.807) is 6.07 Å². The normalized spacial score (nSPS) is 24.5. The molecule has 1 amide bonds. The molecule has 2 aliphatic rings. The molecular weight excluding hydrogens is 269 g/mol. The van der Waals surface area contributed by atoms with E-state index in [1.807, 2.05) is 11.0 Å². The topological polar surface area (TPSA) is 40.5 Å². The molecule has 3 rings (SSSR count). The van der Waals surface area contributed by atoms with Crippen molar-refractivity contribution in [2.75, 3.05) is 19.7 Å². The number of hydrogen-bond acceptors (Lipinski definition) is 2. The Balaban J connectivity index is 1.89. The lowest BCUT2D eigenvalue weighted by molar-refractivity contribution is -0.136. The molecule has 0 radical (unpaired) electrons. The van der Waals surface area contributed by atoms with Crippen molar-refractivity contribution in [2.24, 2.45) is 5.92 Å². The summed E-state index contributed by atoms with van der Waals surface area (Å²) in [5.41, 5.74) is 0.268. The van der Waals surface area contributed by atoms with E-state index in [2.05, 4.69) is 0 Å². The number of benzene rings is 1. The fraction of sp³-hybridized carbons (Fsp3) is 0.588. The van der Waals surface area contributed by atoms with Crippen LogP contribution in [0.2, 0.25) is 0 Å². The van der Waals surface area contributed by atoms with E-state index in [-0.39, 0.29) is 24.2 Å². The Morgan fingerprint density at radius 2 is 2.14 bits per heavy atom. The second-order valence-electron chi connectivity index (χ2n) is 6.39. The molecule has 1 aromatic rings. The highest BCUT2D eigenvalue weighted by Gasteiger charge is 2.46. The zero-order chi connectivity index (χ0) is 14.9. The van der Waals surface area contributed by atoms with Crippen LogP contribution >= 0.6 is 0 Å². The molecule has 21 heavy (non-hydrogen) atoms. The summed E-state index contributed by atoms with van der Waals surface area (Å²) in [6.45, 7) is 1.48. The maximum atomic E-state index is 13.6. The van der Waals surface area contributed by atoms with Gasteiger partial charge in [0.05, 0.1) is 5.41 Å². The van der Waals surface area contributed by atoms with Gasteiger partial charge < -0.3 is 10.0 Å². The second-order valence-corrected chi connectivity index (χ2v) is 6.39. The number of aliphatic hydroxyl groups excluding tert-OH is 1. The highest BCUT2D eigenvalue weighted by molar-refractivity contribution is 5.89. The van der Waals surface area contributed by atoms with Gasteiger partial charge in [0.25, 0.3) is 0 Å². The monoisotopic (exact) mass is 291 g/mol. The van der Waals surface area contributed by atoms with Gasteiger partial charge in [0.1, 0.15) is 5.82 Å². The Kier molecular flexibility index (Phi) is 3.98. The molecular formula is C17H22FNO2. The average molecular weight is 291 g/mol. The second kappa shape index (κ2) is 5.76. The lowest BCUT2D eigenvalue weighted by Gasteiger charge is -2.33. The maximum Gasteiger partial charge on any atom is 0.233 e. The first-order chi connectivity index (χ1) is 10.2. The molecule has 1 saturated heterocycles. The highest BCUT2D eigenvalue weighted by atomic mass is 19.1. The van der Waals surface area contributed by atoms with Crippen LogP contribution in [-0.4, -0.2) is 35.6 Å². The number of nitrogens with zero attached hydrogens (tertiary/aromatic N) is 1. The fourth-order valence-corrected chi connectivity index (χ4v) is 3.86. The van der Waals surface area contributed by atoms with Gasteiger partial charge in [-0.05, 0) is 37.0 Å². The minimum absolute atomic E-state index is 0.126. The minimum atomic E-state index is -0.549. The van der Waals surface area contributed by atoms with Gasteiger partial charge in [-0.15, -0.1) is 0 Å². The predicted octanol–water partition coefficient (Wildman–Crippen LogP) is 2.48. The van der Waals surface area contributed by atoms with Crippen molar-refractivity contribution >= 4 is 5.91 Å². The first-order valence-electron chi connectivity index (χ1n) is 7.82. The summed E-state index contributed by atoms with van der Waals surface area (Å²) in [6, 6.07) is 6.52. The van der Waals surface area contributed by atoms with Gasteiger partial charge in [0.2, 0.25) is 5.91 Å². The molecule has 1 N–H and O–H groups in total. The van der Waals surface area contributed by atoms with Crippen LogP contribution < -0.4 is 0 Å². The summed E-state index contributed by atoms with van der Waals surface area (Å²) in [5, 5.41) is 9.26. The van der Waals surface area contributed by atoms with Crippen LogP contribution in [0.15, 0.2) is 24.3 Å². The van der Waals surface area contributed by atoms with E-state index in [4.69, 9.17) is 0 Å². The molecule has 4 heteroatoms. The highest BCUT2D eigenvalue weighted by Crippen LogP contribution is 2.43. The summed E-state index contributed by atoms with van der Waals surface area (Å²) in [7, 11) is 0. The van der Waals surface area contributed by atoms with E-state index in [0.29, 0.717) is 13.1 Å². The molecule has 2 fully saturated rings. The van der Waals surface area contributed by atoms with Crippen molar-refractivity contribution in [1.29, 1.82) is 0 Å². The fourth-order valence-electron chi connectivity index (χ4n) is 3.86. The third-order valence-electron chi connectivity index (χ3n) is 5.07. The van der Waals surface area contributed by atoms with Crippen LogP contribution in [-0.2, 0) is 10.2 Å². The first-order valence-corrected chi connectivity index (χ1v) is 7.82. The van der Waals surface area contributed by atoms with Crippen LogP contribution in [0.3, 0.4) is 0 Å². The first kappa shape index (κ1) is 14.5. The van der Waals surface area contributed by atoms with Crippen molar-refractivity contribution in [3.05, 3.63) is 35.6 Å². The molecule has 1 saturated carbocycles. The van der Waals surface area contributed by atoms with Crippen molar-refractivity contribution in [3.8, 4) is 0 Å². The molecule has 0 bridgehead atoms. The van der Waals surface area contributed by atoms with Crippen molar-refractivity contribution in [3.63, 3.8) is 0 Å². The van der Waals surface area contributed by atoms with Gasteiger partial charge in [0, 0.05) is 25.6 Å². The Bertz CT molecular complexity index is 525. The summed E-state index contributed by atoms with van der Waals surface area (Å²) < 4.78 is 13.6. The van der Waals surface area contributed by atoms with Crippen LogP contribution in [0.4, 0.5) is 4.39 Å². The smallest absolute Gasteiger partial charge is 0.233 e. The van der Waals surface area contributed by atoms with Gasteiger partial charge in [0.15, 0.2) is 0 Å². The minimum Gasteiger partial charge on any atom is -0.396 e. The Morgan fingerprint density at radius 3 is 2.76 bits per heavy atom. The number of aliphatic hydroxyl groups is 1. The largest absolute Gasteiger partial charge is 0.396 e. The molecule has 114 valence electrons. The van der Waals surface area contributed by atoms with Gasteiger partial charge in [-0.25, -0.2) is 4.39 Å². The number of carbonyl (C=O) groups is 1. The molecule has 1 atom stereocenters. The average Bonchev–Trinajstić information content (AvgIpc) is 3.16. The molecule has 1 heterocycles. The number of amides is 1. The standard InChI is InChI=1S/C17H22FNO2/c18-15-5-3-4-14(10-15)17(7-1-2-8-17)16(21)19-9-6-13(11-19)12-20/h3-5,10,13,20H,1-2,6-9,11-12H2. The summed E-state index contributed by atoms with van der Waals surface area (Å²) >= 11 is 0. The molecule has 1 aromatic carbocycles. The Morgan fingerprint density at radius 1 is 1.38 bits per heavy atom. The number of likely N-dealkylation sites (tertiary alicyclic amines) is 1. The van der Waals surface area contributed by atoms with E-state index < -0.39 is 5.41 Å². The Labute approximate surface area is 124 Å². The number of hydrogen-bond donors (Lipinski definition) is 1. The van der Waals surface area contributed by atoms with E-state index >= 15 is 0 Å². The quantitative estimate of drug-likeness (QED) is 0.929. The SMILES string of the molecule is O=C(N1CCC(CO)C1)C1(c2cccc(F)c2)CCCC1. The molecule has 1 aliphatic heterocycles. The zero-order valence-electron chi connectivity index (χ0n) is 12.2. The summed E-state index contributed by atoms with van der Waals surface area (Å²) in [6.07, 6.45) is 4.49. The van der Waals surface area contributed by atoms with Crippen molar-refractivity contribution in [1.82, 2.24) is 4.90 Å². The van der Waals surface area contributed by atoms with Crippen LogP contribution in [0, 0.1) is 11.7 Å². The summed E-state index contributed by atoms with van der Waals surface area (Å²) in [4.78, 5) is 14.9. The summed E-state index contributed by atoms with van der Waals surface area (Å²) in [5.74, 6) is 0.0442. The zero-order valence-corrected chi connectivity index (χ0v) is 12.2. The van der Waals surface area contributed by atoms with Crippen molar-refractivity contribution in [2.45, 2.75) is 37.5 Å². The van der Waals surface area contributed by atoms with Crippen molar-refractivity contribution < 1.29 is 14.3 Å². The van der Waals surface area contributed by atoms with Gasteiger partial charge in [-0.3, -0.25) is 4.79 Å². The molecule has 0 aromatic heterocycles. The van der Waals surface area contributed by atoms with Gasteiger partial charge >= 0.3 is 0 Å². The van der Waals surface area contributed by atoms with Gasteiger partial charge in [-0.2, -0.15) is 0 Å². The maximum absolute atomic E-state index is 13.6. The molecule has 0 spiro atoms.